The van der Waals surface area contributed by atoms with Crippen LogP contribution in [0.15, 0.2) is 22.7 Å². The lowest BCUT2D eigenvalue weighted by atomic mass is 10.2. The largest absolute Gasteiger partial charge is 0.493 e. The summed E-state index contributed by atoms with van der Waals surface area (Å²) in [7, 11) is 0. The molecule has 0 unspecified atom stereocenters. The average molecular weight is 314 g/mol. The van der Waals surface area contributed by atoms with E-state index in [4.69, 9.17) is 4.74 Å². The van der Waals surface area contributed by atoms with Crippen LogP contribution in [-0.2, 0) is 0 Å². The van der Waals surface area contributed by atoms with E-state index in [1.807, 2.05) is 12.1 Å². The van der Waals surface area contributed by atoms with Gasteiger partial charge in [0.25, 0.3) is 0 Å². The van der Waals surface area contributed by atoms with Crippen molar-refractivity contribution in [2.24, 2.45) is 5.92 Å². The molecule has 0 aliphatic rings. The van der Waals surface area contributed by atoms with E-state index in [0.29, 0.717) is 0 Å². The van der Waals surface area contributed by atoms with Gasteiger partial charge in [-0.1, -0.05) is 35.8 Å². The molecule has 0 heterocycles. The molecule has 2 nitrogen and oxygen atoms in total. The number of halogens is 1. The molecule has 18 heavy (non-hydrogen) atoms. The van der Waals surface area contributed by atoms with Gasteiger partial charge in [-0.2, -0.15) is 0 Å². The van der Waals surface area contributed by atoms with Crippen molar-refractivity contribution in [2.75, 3.05) is 19.7 Å². The van der Waals surface area contributed by atoms with Gasteiger partial charge in [0.2, 0.25) is 0 Å². The molecule has 1 rings (SSSR count). The Morgan fingerprint density at radius 2 is 2.06 bits per heavy atom. The van der Waals surface area contributed by atoms with Gasteiger partial charge in [0.1, 0.15) is 5.75 Å². The number of benzene rings is 1. The third kappa shape index (κ3) is 6.41. The second-order valence-electron chi connectivity index (χ2n) is 5.06. The number of rotatable bonds is 8. The molecule has 0 radical (unpaired) electrons. The summed E-state index contributed by atoms with van der Waals surface area (Å²) in [6.07, 6.45) is 2.26. The number of aryl methyl sites for hydroxylation is 1. The predicted molar refractivity (Wildman–Crippen MR) is 81.3 cm³/mol. The Labute approximate surface area is 119 Å². The molecule has 0 saturated heterocycles. The lowest BCUT2D eigenvalue weighted by molar-refractivity contribution is 0.303. The quantitative estimate of drug-likeness (QED) is 0.727. The van der Waals surface area contributed by atoms with Crippen LogP contribution in [0, 0.1) is 12.8 Å². The van der Waals surface area contributed by atoms with Crippen LogP contribution in [0.1, 0.15) is 32.3 Å². The van der Waals surface area contributed by atoms with Crippen molar-refractivity contribution in [2.45, 2.75) is 33.6 Å². The Hall–Kier alpha value is -0.540. The third-order valence-corrected chi connectivity index (χ3v) is 3.20. The number of unbranched alkanes of at least 4 members (excludes halogenated alkanes) is 1. The number of nitrogens with one attached hydrogen (secondary N) is 1. The molecule has 0 spiro atoms. The first-order chi connectivity index (χ1) is 8.59. The molecule has 1 aromatic carbocycles. The van der Waals surface area contributed by atoms with Gasteiger partial charge >= 0.3 is 0 Å². The van der Waals surface area contributed by atoms with Crippen LogP contribution >= 0.6 is 15.9 Å². The van der Waals surface area contributed by atoms with Gasteiger partial charge in [0.15, 0.2) is 0 Å². The van der Waals surface area contributed by atoms with Gasteiger partial charge in [-0.15, -0.1) is 0 Å². The highest BCUT2D eigenvalue weighted by Gasteiger charge is 2.00. The molecule has 0 aliphatic heterocycles. The molecule has 0 atom stereocenters. The first-order valence-electron chi connectivity index (χ1n) is 6.69. The molecular formula is C15H24BrNO. The highest BCUT2D eigenvalue weighted by molar-refractivity contribution is 9.10. The van der Waals surface area contributed by atoms with Crippen LogP contribution in [0.25, 0.3) is 0 Å². The summed E-state index contributed by atoms with van der Waals surface area (Å²) in [5.74, 6) is 1.71. The predicted octanol–water partition coefficient (Wildman–Crippen LogP) is 4.16. The smallest absolute Gasteiger partial charge is 0.123 e. The van der Waals surface area contributed by atoms with Gasteiger partial charge in [-0.25, -0.2) is 0 Å². The van der Waals surface area contributed by atoms with Crippen molar-refractivity contribution in [3.63, 3.8) is 0 Å². The number of hydrogen-bond donors (Lipinski definition) is 1. The van der Waals surface area contributed by atoms with E-state index in [1.54, 1.807) is 0 Å². The fourth-order valence-corrected chi connectivity index (χ4v) is 1.99. The van der Waals surface area contributed by atoms with Gasteiger partial charge in [-0.05, 0) is 56.5 Å². The van der Waals surface area contributed by atoms with Crippen molar-refractivity contribution >= 4 is 15.9 Å². The molecule has 102 valence electrons. The van der Waals surface area contributed by atoms with Crippen LogP contribution in [0.2, 0.25) is 0 Å². The average Bonchev–Trinajstić information content (AvgIpc) is 2.32. The van der Waals surface area contributed by atoms with E-state index in [9.17, 15) is 0 Å². The summed E-state index contributed by atoms with van der Waals surface area (Å²) in [6.45, 7) is 9.51. The molecule has 0 aromatic heterocycles. The standard InChI is InChI=1S/C15H24BrNO/c1-12(2)11-17-8-4-5-9-18-15-10-14(16)7-6-13(15)3/h6-7,10,12,17H,4-5,8-9,11H2,1-3H3. The summed E-state index contributed by atoms with van der Waals surface area (Å²) in [6, 6.07) is 6.15. The monoisotopic (exact) mass is 313 g/mol. The van der Waals surface area contributed by atoms with Crippen LogP contribution < -0.4 is 10.1 Å². The Bertz CT molecular complexity index is 352. The van der Waals surface area contributed by atoms with E-state index in [0.717, 1.165) is 42.3 Å². The van der Waals surface area contributed by atoms with Gasteiger partial charge in [0, 0.05) is 4.47 Å². The van der Waals surface area contributed by atoms with Crippen LogP contribution in [0.4, 0.5) is 0 Å². The zero-order valence-electron chi connectivity index (χ0n) is 11.6. The zero-order valence-corrected chi connectivity index (χ0v) is 13.2. The molecule has 1 N–H and O–H groups in total. The minimum absolute atomic E-state index is 0.727. The Morgan fingerprint density at radius 1 is 1.28 bits per heavy atom. The molecule has 0 amide bonds. The van der Waals surface area contributed by atoms with Crippen LogP contribution in [0.3, 0.4) is 0 Å². The minimum atomic E-state index is 0.727. The zero-order chi connectivity index (χ0) is 13.4. The maximum absolute atomic E-state index is 5.79. The summed E-state index contributed by atoms with van der Waals surface area (Å²) < 4.78 is 6.86. The third-order valence-electron chi connectivity index (χ3n) is 2.71. The highest BCUT2D eigenvalue weighted by Crippen LogP contribution is 2.22. The maximum atomic E-state index is 5.79. The van der Waals surface area contributed by atoms with E-state index in [2.05, 4.69) is 48.1 Å². The molecule has 0 bridgehead atoms. The fourth-order valence-electron chi connectivity index (χ4n) is 1.65. The first kappa shape index (κ1) is 15.5. The maximum Gasteiger partial charge on any atom is 0.123 e. The van der Waals surface area contributed by atoms with Crippen molar-refractivity contribution in [1.29, 1.82) is 0 Å². The molecule has 0 aliphatic carbocycles. The van der Waals surface area contributed by atoms with Crippen molar-refractivity contribution in [3.8, 4) is 5.75 Å². The van der Waals surface area contributed by atoms with E-state index >= 15 is 0 Å². The molecular weight excluding hydrogens is 290 g/mol. The van der Waals surface area contributed by atoms with E-state index in [-0.39, 0.29) is 0 Å². The van der Waals surface area contributed by atoms with Crippen LogP contribution in [-0.4, -0.2) is 19.7 Å². The Balaban J connectivity index is 2.12. The summed E-state index contributed by atoms with van der Waals surface area (Å²) >= 11 is 3.46. The topological polar surface area (TPSA) is 21.3 Å². The van der Waals surface area contributed by atoms with E-state index < -0.39 is 0 Å². The molecule has 0 saturated carbocycles. The normalized spacial score (nSPS) is 10.9. The van der Waals surface area contributed by atoms with E-state index in [1.165, 1.54) is 12.0 Å². The van der Waals surface area contributed by atoms with Crippen molar-refractivity contribution < 1.29 is 4.74 Å². The SMILES string of the molecule is Cc1ccc(Br)cc1OCCCCNCC(C)C. The van der Waals surface area contributed by atoms with Crippen molar-refractivity contribution in [3.05, 3.63) is 28.2 Å². The van der Waals surface area contributed by atoms with Gasteiger partial charge in [-0.3, -0.25) is 0 Å². The highest BCUT2D eigenvalue weighted by atomic mass is 79.9. The van der Waals surface area contributed by atoms with Crippen LogP contribution in [0.5, 0.6) is 5.75 Å². The lowest BCUT2D eigenvalue weighted by Gasteiger charge is -2.10. The fraction of sp³-hybridized carbons (Fsp3) is 0.600. The first-order valence-corrected chi connectivity index (χ1v) is 7.48. The molecule has 1 aromatic rings. The summed E-state index contributed by atoms with van der Waals surface area (Å²) in [4.78, 5) is 0. The number of ether oxygens (including phenoxy) is 1. The van der Waals surface area contributed by atoms with Crippen molar-refractivity contribution in [1.82, 2.24) is 5.32 Å². The molecule has 0 fully saturated rings. The van der Waals surface area contributed by atoms with Gasteiger partial charge in [0.05, 0.1) is 6.61 Å². The summed E-state index contributed by atoms with van der Waals surface area (Å²) in [5, 5.41) is 3.44. The van der Waals surface area contributed by atoms with Gasteiger partial charge < -0.3 is 10.1 Å². The second-order valence-corrected chi connectivity index (χ2v) is 5.98. The minimum Gasteiger partial charge on any atom is -0.493 e. The lowest BCUT2D eigenvalue weighted by Crippen LogP contribution is -2.21. The summed E-state index contributed by atoms with van der Waals surface area (Å²) in [5.41, 5.74) is 1.19. The molecule has 3 heteroatoms. The Kier molecular flexibility index (Phi) is 7.36. The Morgan fingerprint density at radius 3 is 2.78 bits per heavy atom. The number of hydrogen-bond acceptors (Lipinski definition) is 2. The second kappa shape index (κ2) is 8.54.